The van der Waals surface area contributed by atoms with E-state index in [4.69, 9.17) is 15.2 Å². The number of anilines is 3. The van der Waals surface area contributed by atoms with Crippen molar-refractivity contribution in [3.63, 3.8) is 0 Å². The fourth-order valence-corrected chi connectivity index (χ4v) is 3.35. The van der Waals surface area contributed by atoms with Gasteiger partial charge in [-0.2, -0.15) is 4.98 Å². The van der Waals surface area contributed by atoms with Crippen LogP contribution in [-0.2, 0) is 0 Å². The number of hydrogen-bond donors (Lipinski definition) is 1. The van der Waals surface area contributed by atoms with Crippen LogP contribution in [0.15, 0.2) is 73.1 Å². The van der Waals surface area contributed by atoms with Crippen LogP contribution in [0.5, 0.6) is 17.4 Å². The summed E-state index contributed by atoms with van der Waals surface area (Å²) < 4.78 is 11.3. The summed E-state index contributed by atoms with van der Waals surface area (Å²) in [5, 5.41) is 2.28. The molecule has 6 nitrogen and oxygen atoms in total. The number of benzene rings is 3. The maximum atomic E-state index is 6.45. The van der Waals surface area contributed by atoms with Crippen molar-refractivity contribution in [3.8, 4) is 17.4 Å². The Hall–Kier alpha value is -3.80. The second-order valence-electron chi connectivity index (χ2n) is 6.41. The van der Waals surface area contributed by atoms with Gasteiger partial charge in [0.05, 0.1) is 12.8 Å². The van der Waals surface area contributed by atoms with E-state index in [9.17, 15) is 0 Å². The number of nitrogen functional groups attached to an aromatic ring is 1. The number of nitrogens with two attached hydrogens (primary N) is 1. The SMILES string of the molecule is CCN(c1ncnc(Oc2ccccc2OC)c1N)c1cccc2ccccc12. The van der Waals surface area contributed by atoms with Crippen molar-refractivity contribution in [2.24, 2.45) is 0 Å². The van der Waals surface area contributed by atoms with Crippen LogP contribution in [0.25, 0.3) is 10.8 Å². The lowest BCUT2D eigenvalue weighted by atomic mass is 10.1. The molecule has 0 saturated carbocycles. The van der Waals surface area contributed by atoms with Gasteiger partial charge < -0.3 is 20.1 Å². The zero-order valence-corrected chi connectivity index (χ0v) is 16.4. The highest BCUT2D eigenvalue weighted by Crippen LogP contribution is 2.39. The Morgan fingerprint density at radius 2 is 1.62 bits per heavy atom. The van der Waals surface area contributed by atoms with Crippen LogP contribution in [0.2, 0.25) is 0 Å². The molecule has 0 aliphatic carbocycles. The molecule has 0 bridgehead atoms. The number of rotatable bonds is 6. The molecule has 0 spiro atoms. The van der Waals surface area contributed by atoms with E-state index in [0.29, 0.717) is 29.5 Å². The second kappa shape index (κ2) is 8.06. The Bertz CT molecular complexity index is 1140. The first-order valence-corrected chi connectivity index (χ1v) is 9.39. The van der Waals surface area contributed by atoms with Gasteiger partial charge in [0.2, 0.25) is 5.88 Å². The number of para-hydroxylation sites is 2. The molecular weight excluding hydrogens is 364 g/mol. The summed E-state index contributed by atoms with van der Waals surface area (Å²) in [4.78, 5) is 10.8. The van der Waals surface area contributed by atoms with Crippen LogP contribution >= 0.6 is 0 Å². The number of fused-ring (bicyclic) bond motifs is 1. The predicted octanol–water partition coefficient (Wildman–Crippen LogP) is 5.17. The molecule has 0 atom stereocenters. The third-order valence-electron chi connectivity index (χ3n) is 4.73. The molecule has 0 fully saturated rings. The Morgan fingerprint density at radius 3 is 2.41 bits per heavy atom. The van der Waals surface area contributed by atoms with Crippen LogP contribution in [0.3, 0.4) is 0 Å². The Kier molecular flexibility index (Phi) is 5.16. The molecular formula is C23H22N4O2. The number of nitrogens with zero attached hydrogens (tertiary/aromatic N) is 3. The molecule has 6 heteroatoms. The largest absolute Gasteiger partial charge is 0.493 e. The summed E-state index contributed by atoms with van der Waals surface area (Å²) in [6, 6.07) is 21.8. The van der Waals surface area contributed by atoms with Crippen molar-refractivity contribution in [3.05, 3.63) is 73.1 Å². The molecule has 4 rings (SSSR count). The van der Waals surface area contributed by atoms with Crippen LogP contribution in [0.1, 0.15) is 6.92 Å². The van der Waals surface area contributed by atoms with Gasteiger partial charge in [-0.05, 0) is 30.5 Å². The average Bonchev–Trinajstić information content (AvgIpc) is 2.77. The molecule has 29 heavy (non-hydrogen) atoms. The second-order valence-corrected chi connectivity index (χ2v) is 6.41. The first-order chi connectivity index (χ1) is 14.2. The summed E-state index contributed by atoms with van der Waals surface area (Å²) in [7, 11) is 1.59. The molecule has 1 aromatic heterocycles. The normalized spacial score (nSPS) is 10.7. The molecule has 4 aromatic rings. The molecule has 3 aromatic carbocycles. The van der Waals surface area contributed by atoms with Crippen molar-refractivity contribution < 1.29 is 9.47 Å². The maximum absolute atomic E-state index is 6.45. The number of ether oxygens (including phenoxy) is 2. The zero-order valence-electron chi connectivity index (χ0n) is 16.4. The standard InChI is InChI=1S/C23H22N4O2/c1-3-27(18-12-8-10-16-9-4-5-11-17(16)18)22-21(24)23(26-15-25-22)29-20-14-7-6-13-19(20)28-2/h4-15H,3,24H2,1-2H3. The van der Waals surface area contributed by atoms with Crippen molar-refractivity contribution in [2.45, 2.75) is 6.92 Å². The summed E-state index contributed by atoms with van der Waals surface area (Å²) in [6.45, 7) is 2.74. The third-order valence-corrected chi connectivity index (χ3v) is 4.73. The monoisotopic (exact) mass is 386 g/mol. The lowest BCUT2D eigenvalue weighted by molar-refractivity contribution is 0.374. The summed E-state index contributed by atoms with van der Waals surface area (Å²) in [6.07, 6.45) is 1.46. The smallest absolute Gasteiger partial charge is 0.248 e. The quantitative estimate of drug-likeness (QED) is 0.493. The zero-order chi connectivity index (χ0) is 20.2. The van der Waals surface area contributed by atoms with Crippen LogP contribution in [-0.4, -0.2) is 23.6 Å². The molecule has 0 saturated heterocycles. The lowest BCUT2D eigenvalue weighted by Crippen LogP contribution is -2.19. The van der Waals surface area contributed by atoms with Crippen molar-refractivity contribution >= 4 is 28.0 Å². The van der Waals surface area contributed by atoms with E-state index in [1.807, 2.05) is 42.5 Å². The molecule has 0 amide bonds. The van der Waals surface area contributed by atoms with Crippen molar-refractivity contribution in [1.82, 2.24) is 9.97 Å². The minimum atomic E-state index is 0.290. The lowest BCUT2D eigenvalue weighted by Gasteiger charge is -2.25. The highest BCUT2D eigenvalue weighted by molar-refractivity contribution is 5.96. The van der Waals surface area contributed by atoms with Gasteiger partial charge in [-0.15, -0.1) is 0 Å². The Labute approximate surface area is 169 Å². The Morgan fingerprint density at radius 1 is 0.897 bits per heavy atom. The maximum Gasteiger partial charge on any atom is 0.248 e. The molecule has 0 unspecified atom stereocenters. The van der Waals surface area contributed by atoms with Crippen LogP contribution in [0, 0.1) is 0 Å². The van der Waals surface area contributed by atoms with Gasteiger partial charge in [0.15, 0.2) is 17.3 Å². The van der Waals surface area contributed by atoms with Gasteiger partial charge in [-0.25, -0.2) is 4.98 Å². The van der Waals surface area contributed by atoms with Gasteiger partial charge >= 0.3 is 0 Å². The van der Waals surface area contributed by atoms with Gasteiger partial charge in [0.1, 0.15) is 12.0 Å². The first kappa shape index (κ1) is 18.6. The molecule has 146 valence electrons. The van der Waals surface area contributed by atoms with E-state index in [1.54, 1.807) is 7.11 Å². The van der Waals surface area contributed by atoms with Crippen molar-refractivity contribution in [2.75, 3.05) is 24.3 Å². The molecule has 1 heterocycles. The predicted molar refractivity (Wildman–Crippen MR) is 116 cm³/mol. The number of aromatic nitrogens is 2. The van der Waals surface area contributed by atoms with E-state index < -0.39 is 0 Å². The minimum Gasteiger partial charge on any atom is -0.493 e. The topological polar surface area (TPSA) is 73.5 Å². The van der Waals surface area contributed by atoms with E-state index in [-0.39, 0.29) is 5.88 Å². The van der Waals surface area contributed by atoms with E-state index in [2.05, 4.69) is 46.1 Å². The van der Waals surface area contributed by atoms with E-state index >= 15 is 0 Å². The molecule has 0 aliphatic heterocycles. The highest BCUT2D eigenvalue weighted by Gasteiger charge is 2.19. The van der Waals surface area contributed by atoms with E-state index in [1.165, 1.54) is 6.33 Å². The minimum absolute atomic E-state index is 0.290. The van der Waals surface area contributed by atoms with Gasteiger partial charge in [-0.3, -0.25) is 0 Å². The Balaban J connectivity index is 1.77. The summed E-state index contributed by atoms with van der Waals surface area (Å²) >= 11 is 0. The van der Waals surface area contributed by atoms with E-state index in [0.717, 1.165) is 16.5 Å². The summed E-state index contributed by atoms with van der Waals surface area (Å²) in [5.74, 6) is 2.04. The summed E-state index contributed by atoms with van der Waals surface area (Å²) in [5.41, 5.74) is 7.84. The average molecular weight is 386 g/mol. The fourth-order valence-electron chi connectivity index (χ4n) is 3.35. The van der Waals surface area contributed by atoms with Crippen molar-refractivity contribution in [1.29, 1.82) is 0 Å². The fraction of sp³-hybridized carbons (Fsp3) is 0.130. The van der Waals surface area contributed by atoms with Gasteiger partial charge in [-0.1, -0.05) is 48.5 Å². The van der Waals surface area contributed by atoms with Crippen LogP contribution < -0.4 is 20.1 Å². The first-order valence-electron chi connectivity index (χ1n) is 9.39. The van der Waals surface area contributed by atoms with Gasteiger partial charge in [0.25, 0.3) is 0 Å². The van der Waals surface area contributed by atoms with Gasteiger partial charge in [0, 0.05) is 11.9 Å². The molecule has 2 N–H and O–H groups in total. The third kappa shape index (κ3) is 3.52. The highest BCUT2D eigenvalue weighted by atomic mass is 16.5. The molecule has 0 radical (unpaired) electrons. The number of methoxy groups -OCH3 is 1. The molecule has 0 aliphatic rings. The van der Waals surface area contributed by atoms with Crippen LogP contribution in [0.4, 0.5) is 17.2 Å². The number of hydrogen-bond acceptors (Lipinski definition) is 6.